The minimum Gasteiger partial charge on any atom is -0.336 e. The van der Waals surface area contributed by atoms with Gasteiger partial charge in [-0.05, 0) is 73.1 Å². The second-order valence-electron chi connectivity index (χ2n) is 8.56. The predicted octanol–water partition coefficient (Wildman–Crippen LogP) is 6.43. The van der Waals surface area contributed by atoms with E-state index < -0.39 is 29.6 Å². The van der Waals surface area contributed by atoms with Gasteiger partial charge in [0.25, 0.3) is 5.91 Å². The van der Waals surface area contributed by atoms with E-state index in [1.54, 1.807) is 29.2 Å². The number of halogens is 4. The number of rotatable bonds is 8. The minimum absolute atomic E-state index is 0.0219. The van der Waals surface area contributed by atoms with Crippen LogP contribution < -0.4 is 10.2 Å². The van der Waals surface area contributed by atoms with Gasteiger partial charge in [-0.1, -0.05) is 52.3 Å². The Labute approximate surface area is 226 Å². The van der Waals surface area contributed by atoms with Crippen molar-refractivity contribution in [1.82, 2.24) is 4.90 Å². The topological polar surface area (TPSA) is 52.7 Å². The zero-order valence-electron chi connectivity index (χ0n) is 19.5. The molecular formula is C27H23BrF3N3O2S. The Hall–Kier alpha value is -3.24. The smallest absolute Gasteiger partial charge is 0.336 e. The third-order valence-electron chi connectivity index (χ3n) is 5.96. The molecule has 1 saturated heterocycles. The van der Waals surface area contributed by atoms with Crippen LogP contribution in [0.1, 0.15) is 24.0 Å². The van der Waals surface area contributed by atoms with Crippen molar-refractivity contribution in [3.05, 3.63) is 94.5 Å². The van der Waals surface area contributed by atoms with E-state index in [2.05, 4.69) is 21.2 Å². The molecule has 2 amide bonds. The van der Waals surface area contributed by atoms with Gasteiger partial charge < -0.3 is 10.2 Å². The molecule has 0 saturated carbocycles. The fraction of sp³-hybridized carbons (Fsp3) is 0.222. The van der Waals surface area contributed by atoms with Crippen molar-refractivity contribution in [3.8, 4) is 0 Å². The molecule has 1 unspecified atom stereocenters. The highest BCUT2D eigenvalue weighted by Crippen LogP contribution is 2.34. The molecule has 3 aromatic rings. The van der Waals surface area contributed by atoms with Gasteiger partial charge in [0.1, 0.15) is 6.04 Å². The number of thiocarbonyl (C=S) groups is 1. The number of nitrogens with zero attached hydrogens (tertiary/aromatic N) is 2. The summed E-state index contributed by atoms with van der Waals surface area (Å²) in [4.78, 5) is 29.1. The lowest BCUT2D eigenvalue weighted by atomic mass is 10.1. The van der Waals surface area contributed by atoms with E-state index in [0.717, 1.165) is 33.5 Å². The SMILES string of the molecule is O=C(CC1C(=O)N(c2cccc(C(F)(F)F)c2)C(=S)N1CCCc1ccccc1)Nc1ccc(Br)cc1. The van der Waals surface area contributed by atoms with Crippen molar-refractivity contribution >= 4 is 56.4 Å². The lowest BCUT2D eigenvalue weighted by molar-refractivity contribution is -0.137. The average molecular weight is 590 g/mol. The van der Waals surface area contributed by atoms with Crippen LogP contribution >= 0.6 is 28.1 Å². The van der Waals surface area contributed by atoms with Crippen LogP contribution in [0.25, 0.3) is 0 Å². The highest BCUT2D eigenvalue weighted by Gasteiger charge is 2.44. The number of anilines is 2. The predicted molar refractivity (Wildman–Crippen MR) is 144 cm³/mol. The molecule has 1 N–H and O–H groups in total. The molecule has 1 aliphatic rings. The summed E-state index contributed by atoms with van der Waals surface area (Å²) in [6.07, 6.45) is -3.41. The quantitative estimate of drug-likeness (QED) is 0.308. The summed E-state index contributed by atoms with van der Waals surface area (Å²) in [5.41, 5.74) is 0.811. The monoisotopic (exact) mass is 589 g/mol. The molecule has 3 aromatic carbocycles. The van der Waals surface area contributed by atoms with Crippen LogP contribution in [0.2, 0.25) is 0 Å². The van der Waals surface area contributed by atoms with Gasteiger partial charge in [-0.25, -0.2) is 0 Å². The number of benzene rings is 3. The van der Waals surface area contributed by atoms with Crippen molar-refractivity contribution in [2.24, 2.45) is 0 Å². The third kappa shape index (κ3) is 6.56. The van der Waals surface area contributed by atoms with Crippen molar-refractivity contribution in [2.45, 2.75) is 31.5 Å². The Morgan fingerprint density at radius 2 is 1.70 bits per heavy atom. The number of carbonyl (C=O) groups excluding carboxylic acids is 2. The van der Waals surface area contributed by atoms with Gasteiger partial charge in [-0.15, -0.1) is 0 Å². The molecule has 192 valence electrons. The Bertz CT molecular complexity index is 1290. The fourth-order valence-electron chi connectivity index (χ4n) is 4.17. The normalized spacial score (nSPS) is 15.8. The molecule has 0 aromatic heterocycles. The zero-order valence-corrected chi connectivity index (χ0v) is 21.9. The summed E-state index contributed by atoms with van der Waals surface area (Å²) in [6.45, 7) is 0.366. The Morgan fingerprint density at radius 3 is 2.38 bits per heavy atom. The first-order valence-electron chi connectivity index (χ1n) is 11.5. The first-order valence-corrected chi connectivity index (χ1v) is 12.7. The molecular weight excluding hydrogens is 567 g/mol. The van der Waals surface area contributed by atoms with Gasteiger partial charge in [0.05, 0.1) is 17.7 Å². The summed E-state index contributed by atoms with van der Waals surface area (Å²) in [6, 6.07) is 20.3. The molecule has 0 radical (unpaired) electrons. The molecule has 1 fully saturated rings. The van der Waals surface area contributed by atoms with Crippen LogP contribution in [0.4, 0.5) is 24.5 Å². The van der Waals surface area contributed by atoms with Crippen molar-refractivity contribution in [2.75, 3.05) is 16.8 Å². The van der Waals surface area contributed by atoms with E-state index in [-0.39, 0.29) is 17.2 Å². The van der Waals surface area contributed by atoms with Gasteiger partial charge in [0.15, 0.2) is 5.11 Å². The maximum absolute atomic E-state index is 13.5. The fourth-order valence-corrected chi connectivity index (χ4v) is 4.84. The van der Waals surface area contributed by atoms with E-state index in [9.17, 15) is 22.8 Å². The van der Waals surface area contributed by atoms with Crippen LogP contribution in [0.15, 0.2) is 83.3 Å². The Morgan fingerprint density at radius 1 is 1.00 bits per heavy atom. The highest BCUT2D eigenvalue weighted by molar-refractivity contribution is 9.10. The van der Waals surface area contributed by atoms with E-state index in [1.165, 1.54) is 12.1 Å². The third-order valence-corrected chi connectivity index (χ3v) is 6.91. The van der Waals surface area contributed by atoms with Crippen LogP contribution in [-0.2, 0) is 22.2 Å². The molecule has 5 nitrogen and oxygen atoms in total. The lowest BCUT2D eigenvalue weighted by Gasteiger charge is -2.24. The van der Waals surface area contributed by atoms with Crippen LogP contribution in [0.3, 0.4) is 0 Å². The maximum atomic E-state index is 13.5. The number of amides is 2. The molecule has 0 bridgehead atoms. The van der Waals surface area contributed by atoms with Gasteiger partial charge in [0, 0.05) is 16.7 Å². The van der Waals surface area contributed by atoms with E-state index in [1.807, 2.05) is 30.3 Å². The summed E-state index contributed by atoms with van der Waals surface area (Å²) in [5, 5.41) is 2.85. The molecule has 1 atom stereocenters. The highest BCUT2D eigenvalue weighted by atomic mass is 79.9. The van der Waals surface area contributed by atoms with Crippen molar-refractivity contribution in [1.29, 1.82) is 0 Å². The Kier molecular flexibility index (Phi) is 8.29. The van der Waals surface area contributed by atoms with E-state index >= 15 is 0 Å². The standard InChI is InChI=1S/C27H23BrF3N3O2S/c28-20-11-13-21(14-12-20)32-24(35)17-23-25(36)34(22-10-4-9-19(16-22)27(29,30)31)26(37)33(23)15-5-8-18-6-2-1-3-7-18/h1-4,6-7,9-14,16,23H,5,8,15,17H2,(H,32,35). The summed E-state index contributed by atoms with van der Waals surface area (Å²) in [5.74, 6) is -0.933. The zero-order chi connectivity index (χ0) is 26.6. The van der Waals surface area contributed by atoms with E-state index in [0.29, 0.717) is 18.7 Å². The molecule has 10 heteroatoms. The van der Waals surface area contributed by atoms with Gasteiger partial charge in [-0.2, -0.15) is 13.2 Å². The molecule has 0 aliphatic carbocycles. The van der Waals surface area contributed by atoms with Gasteiger partial charge in [0.2, 0.25) is 5.91 Å². The molecule has 1 heterocycles. The maximum Gasteiger partial charge on any atom is 0.416 e. The van der Waals surface area contributed by atoms with Crippen LogP contribution in [0.5, 0.6) is 0 Å². The summed E-state index contributed by atoms with van der Waals surface area (Å²) < 4.78 is 40.8. The van der Waals surface area contributed by atoms with Crippen LogP contribution in [-0.4, -0.2) is 34.4 Å². The Balaban J connectivity index is 1.56. The number of hydrogen-bond acceptors (Lipinski definition) is 3. The summed E-state index contributed by atoms with van der Waals surface area (Å²) in [7, 11) is 0. The molecule has 4 rings (SSSR count). The molecule has 37 heavy (non-hydrogen) atoms. The van der Waals surface area contributed by atoms with Crippen LogP contribution in [0, 0.1) is 0 Å². The molecule has 0 spiro atoms. The second kappa shape index (κ2) is 11.4. The number of hydrogen-bond donors (Lipinski definition) is 1. The molecule has 1 aliphatic heterocycles. The largest absolute Gasteiger partial charge is 0.416 e. The number of alkyl halides is 3. The average Bonchev–Trinajstić information content (AvgIpc) is 3.09. The second-order valence-corrected chi connectivity index (χ2v) is 9.84. The lowest BCUT2D eigenvalue weighted by Crippen LogP contribution is -2.38. The van der Waals surface area contributed by atoms with Crippen molar-refractivity contribution < 1.29 is 22.8 Å². The first kappa shape index (κ1) is 26.8. The van der Waals surface area contributed by atoms with Crippen molar-refractivity contribution in [3.63, 3.8) is 0 Å². The summed E-state index contributed by atoms with van der Waals surface area (Å²) >= 11 is 8.91. The number of aryl methyl sites for hydroxylation is 1. The minimum atomic E-state index is -4.57. The first-order chi connectivity index (χ1) is 17.6. The number of carbonyl (C=O) groups is 2. The van der Waals surface area contributed by atoms with Gasteiger partial charge in [-0.3, -0.25) is 14.5 Å². The van der Waals surface area contributed by atoms with E-state index in [4.69, 9.17) is 12.2 Å². The number of nitrogens with one attached hydrogen (secondary N) is 1. The van der Waals surface area contributed by atoms with Gasteiger partial charge >= 0.3 is 6.18 Å².